The fraction of sp³-hybridized carbons (Fsp3) is 0.147. The zero-order valence-electron chi connectivity index (χ0n) is 69.0. The van der Waals surface area contributed by atoms with Crippen molar-refractivity contribution in [3.63, 3.8) is 0 Å². The van der Waals surface area contributed by atoms with Crippen molar-refractivity contribution in [1.29, 1.82) is 0 Å². The number of pyridine rings is 7. The monoisotopic (exact) mass is 1710 g/mol. The Morgan fingerprint density at radius 2 is 0.803 bits per heavy atom. The molecule has 0 radical (unpaired) electrons. The van der Waals surface area contributed by atoms with Crippen molar-refractivity contribution in [2.45, 2.75) is 58.0 Å². The average Bonchev–Trinajstić information content (AvgIpc) is 1.77. The fourth-order valence-corrected chi connectivity index (χ4v) is 14.3. The smallest absolute Gasteiger partial charge is 0.353 e. The lowest BCUT2D eigenvalue weighted by atomic mass is 10.0. The highest BCUT2D eigenvalue weighted by molar-refractivity contribution is 5.91. The molecule has 14 heterocycles. The van der Waals surface area contributed by atoms with Crippen LogP contribution in [0.3, 0.4) is 0 Å². The third-order valence-corrected chi connectivity index (χ3v) is 20.6. The Morgan fingerprint density at radius 3 is 1.26 bits per heavy atom. The highest BCUT2D eigenvalue weighted by Crippen LogP contribution is 2.34. The first kappa shape index (κ1) is 86.6. The number of fused-ring (bicyclic) bond motifs is 7. The number of carboxylic acids is 6. The second kappa shape index (κ2) is 39.8. The van der Waals surface area contributed by atoms with Crippen LogP contribution in [0.1, 0.15) is 123 Å². The summed E-state index contributed by atoms with van der Waals surface area (Å²) in [6.07, 6.45) is 28.8. The Morgan fingerprint density at radius 1 is 0.378 bits per heavy atom. The number of para-hydroxylation sites is 3. The lowest BCUT2D eigenvalue weighted by molar-refractivity contribution is 0.0676. The van der Waals surface area contributed by atoms with E-state index >= 15 is 0 Å². The lowest BCUT2D eigenvalue weighted by Gasteiger charge is -2.28. The number of piperidine rings is 1. The number of hydrogen-bond acceptors (Lipinski definition) is 20. The summed E-state index contributed by atoms with van der Waals surface area (Å²) < 4.78 is 31.6. The molecule has 32 nitrogen and oxygen atoms in total. The number of ether oxygens (including phenoxy) is 4. The molecule has 0 amide bonds. The number of methoxy groups -OCH3 is 1. The van der Waals surface area contributed by atoms with E-state index in [2.05, 4.69) is 93.2 Å². The molecule has 1 unspecified atom stereocenters. The summed E-state index contributed by atoms with van der Waals surface area (Å²) in [5.74, 6) is -2.41. The fourth-order valence-electron chi connectivity index (χ4n) is 14.3. The second-order valence-corrected chi connectivity index (χ2v) is 29.2. The first-order valence-electron chi connectivity index (χ1n) is 40.0. The van der Waals surface area contributed by atoms with Crippen LogP contribution in [-0.4, -0.2) is 167 Å². The van der Waals surface area contributed by atoms with Gasteiger partial charge in [0.15, 0.2) is 11.5 Å². The van der Waals surface area contributed by atoms with E-state index in [1.807, 2.05) is 93.0 Å². The molecule has 642 valence electrons. The average molecular weight is 1710 g/mol. The van der Waals surface area contributed by atoms with Gasteiger partial charge in [0.05, 0.1) is 13.2 Å². The van der Waals surface area contributed by atoms with Crippen LogP contribution in [0.15, 0.2) is 287 Å². The van der Waals surface area contributed by atoms with Crippen LogP contribution in [0.4, 0.5) is 11.4 Å². The van der Waals surface area contributed by atoms with Crippen molar-refractivity contribution in [2.24, 2.45) is 0 Å². The van der Waals surface area contributed by atoms with Crippen LogP contribution in [0, 0.1) is 0 Å². The number of aliphatic hydroxyl groups is 1. The van der Waals surface area contributed by atoms with E-state index in [0.717, 1.165) is 53.5 Å². The Balaban J connectivity index is 0.000000124. The predicted molar refractivity (Wildman–Crippen MR) is 473 cm³/mol. The number of nitrogens with zero attached hydrogens (tertiary/aromatic N) is 15. The maximum absolute atomic E-state index is 11.7. The van der Waals surface area contributed by atoms with Gasteiger partial charge in [-0.3, -0.25) is 31.4 Å². The molecule has 1 aliphatic heterocycles. The van der Waals surface area contributed by atoms with Gasteiger partial charge < -0.3 is 64.5 Å². The zero-order chi connectivity index (χ0) is 89.2. The van der Waals surface area contributed by atoms with Gasteiger partial charge >= 0.3 is 35.8 Å². The molecule has 1 fully saturated rings. The van der Waals surface area contributed by atoms with E-state index in [1.165, 1.54) is 90.3 Å². The Hall–Kier alpha value is -16.8. The highest BCUT2D eigenvalue weighted by atomic mass is 16.5. The van der Waals surface area contributed by atoms with Crippen LogP contribution < -0.4 is 28.7 Å². The summed E-state index contributed by atoms with van der Waals surface area (Å²) in [4.78, 5) is 101. The standard InChI is InChI=1S/C21H23N3O2.C18H19N3O2.C17H11N3O3.C15H12N2O4.C14H10N2O3.C10H10N2O3/c25-21(26)20-17(8-11-19-22-12-15-24(19)20)7-4-16-5-9-18(10-6-16)23-13-2-1-3-14-23;1-20(2)15-8-4-13(5-9-15)3-6-14-7-10-16-19-11-12-21(16)17(14)18(22)23;21-17(22)15-8-14(9-16-19-5-6-20(15)16)23-13-2-1-11-3-4-18-10-12(11)7-13;1-20-12-4-2-3-5-13(12)21-10-8-11(15(18)19)17-7-6-16-14(17)9-10;17-14(18)12-8-11(9-13-15-6-7-16(12)13)19-10-4-2-1-3-5-10;1-6(13)7-4-8(10(14)15)12-3-2-11-9(12)5-7/h5-6,8-12,15H,1-4,7,13-14H2,(H,25,26);4-5,7-12H,3,6H2,1-2H3,(H,22,23);1-10H,(H,21,22);2-9H,1H3,(H,18,19);1-9H,(H,17,18);2-6,13H,1H3,(H,14,15). The van der Waals surface area contributed by atoms with Crippen LogP contribution in [0.2, 0.25) is 0 Å². The van der Waals surface area contributed by atoms with Gasteiger partial charge in [0.1, 0.15) is 96.8 Å². The van der Waals surface area contributed by atoms with Gasteiger partial charge in [-0.2, -0.15) is 0 Å². The maximum atomic E-state index is 11.7. The Kier molecular flexibility index (Phi) is 27.2. The van der Waals surface area contributed by atoms with Crippen LogP contribution >= 0.6 is 0 Å². The van der Waals surface area contributed by atoms with Crippen molar-refractivity contribution in [3.05, 3.63) is 349 Å². The molecule has 1 aliphatic rings. The number of aryl methyl sites for hydroxylation is 4. The summed E-state index contributed by atoms with van der Waals surface area (Å²) >= 11 is 0. The van der Waals surface area contributed by atoms with Gasteiger partial charge in [0, 0.05) is 167 Å². The van der Waals surface area contributed by atoms with Gasteiger partial charge in [-0.1, -0.05) is 72.8 Å². The molecule has 0 aliphatic carbocycles. The molecular weight excluding hydrogens is 1620 g/mol. The SMILES string of the molecule is CC(O)c1cc(C(=O)O)n2ccnc2c1.CN(C)c1ccc(CCc2ccc3nccn3c2C(=O)O)cc1.COc1ccccc1Oc1cc(C(=O)O)n2ccnc2c1.O=C(O)c1c(CCc2ccc(N3CCCCC3)cc2)ccc2nccn12.O=C(O)c1cc(Oc2ccc3ccncc3c2)cc2nccn12.O=C(O)c1cc(Oc2ccccc2)cc2nccn12. The summed E-state index contributed by atoms with van der Waals surface area (Å²) in [5, 5.41) is 67.3. The number of rotatable bonds is 22. The van der Waals surface area contributed by atoms with Crippen molar-refractivity contribution in [3.8, 4) is 40.2 Å². The van der Waals surface area contributed by atoms with E-state index in [-0.39, 0.29) is 22.8 Å². The molecular formula is C95H85N15O17. The number of imidazole rings is 6. The van der Waals surface area contributed by atoms with Gasteiger partial charge in [-0.15, -0.1) is 0 Å². The van der Waals surface area contributed by atoms with E-state index < -0.39 is 41.9 Å². The number of aliphatic hydroxyl groups excluding tert-OH is 1. The topological polar surface area (TPSA) is 404 Å². The summed E-state index contributed by atoms with van der Waals surface area (Å²) in [7, 11) is 5.56. The predicted octanol–water partition coefficient (Wildman–Crippen LogP) is 16.8. The van der Waals surface area contributed by atoms with E-state index in [1.54, 1.807) is 146 Å². The summed E-state index contributed by atoms with van der Waals surface area (Å²) in [5.41, 5.74) is 11.4. The van der Waals surface area contributed by atoms with E-state index in [0.29, 0.717) is 104 Å². The minimum Gasteiger partial charge on any atom is -0.493 e. The van der Waals surface area contributed by atoms with Crippen molar-refractivity contribution in [1.82, 2.24) is 61.3 Å². The molecule has 127 heavy (non-hydrogen) atoms. The van der Waals surface area contributed by atoms with Crippen LogP contribution in [0.25, 0.3) is 44.7 Å². The molecule has 1 atom stereocenters. The molecule has 7 N–H and O–H groups in total. The first-order valence-corrected chi connectivity index (χ1v) is 40.0. The number of benzene rings is 5. The molecule has 19 rings (SSSR count). The maximum Gasteiger partial charge on any atom is 0.353 e. The van der Waals surface area contributed by atoms with Gasteiger partial charge in [0.2, 0.25) is 0 Å². The molecule has 18 aromatic rings. The zero-order valence-corrected chi connectivity index (χ0v) is 69.0. The quantitative estimate of drug-likeness (QED) is 0.0331. The molecule has 5 aromatic carbocycles. The molecule has 1 saturated heterocycles. The molecule has 13 aromatic heterocycles. The molecule has 32 heteroatoms. The highest BCUT2D eigenvalue weighted by Gasteiger charge is 2.22. The number of aromatic nitrogens is 13. The molecule has 0 saturated carbocycles. The molecule has 0 bridgehead atoms. The van der Waals surface area contributed by atoms with Crippen LogP contribution in [-0.2, 0) is 25.7 Å². The van der Waals surface area contributed by atoms with Crippen molar-refractivity contribution >= 4 is 91.8 Å². The normalized spacial score (nSPS) is 11.8. The van der Waals surface area contributed by atoms with Gasteiger partial charge in [0.25, 0.3) is 0 Å². The summed E-state index contributed by atoms with van der Waals surface area (Å²) in [6.45, 7) is 3.87. The Bertz CT molecular complexity index is 6970. The third-order valence-electron chi connectivity index (χ3n) is 20.6. The number of aromatic carboxylic acids is 6. The lowest BCUT2D eigenvalue weighted by Crippen LogP contribution is -2.29. The number of carbonyl (C=O) groups is 6. The number of hydrogen-bond donors (Lipinski definition) is 7. The molecule has 0 spiro atoms. The summed E-state index contributed by atoms with van der Waals surface area (Å²) in [6, 6.07) is 61.0. The second-order valence-electron chi connectivity index (χ2n) is 29.2. The van der Waals surface area contributed by atoms with Crippen LogP contribution in [0.5, 0.6) is 40.2 Å². The van der Waals surface area contributed by atoms with E-state index in [9.17, 15) is 59.4 Å². The minimum absolute atomic E-state index is 0.0786. The Labute approximate surface area is 724 Å². The number of carboxylic acid groups (broad SMARTS) is 6. The van der Waals surface area contributed by atoms with Crippen molar-refractivity contribution in [2.75, 3.05) is 44.1 Å². The van der Waals surface area contributed by atoms with E-state index in [4.69, 9.17) is 24.1 Å². The third kappa shape index (κ3) is 21.1. The van der Waals surface area contributed by atoms with Crippen molar-refractivity contribution < 1.29 is 83.5 Å². The largest absolute Gasteiger partial charge is 0.493 e. The first-order chi connectivity index (χ1) is 61.5. The van der Waals surface area contributed by atoms with Gasteiger partial charge in [-0.25, -0.2) is 58.7 Å². The van der Waals surface area contributed by atoms with Gasteiger partial charge in [-0.05, 0) is 176 Å². The number of anilines is 2. The minimum atomic E-state index is -1.05.